The van der Waals surface area contributed by atoms with E-state index in [1.807, 2.05) is 0 Å². The van der Waals surface area contributed by atoms with Gasteiger partial charge in [-0.3, -0.25) is 4.79 Å². The van der Waals surface area contributed by atoms with Crippen LogP contribution in [0.15, 0.2) is 0 Å². The van der Waals surface area contributed by atoms with Crippen molar-refractivity contribution in [3.8, 4) is 0 Å². The van der Waals surface area contributed by atoms with Gasteiger partial charge in [0.05, 0.1) is 5.92 Å². The minimum absolute atomic E-state index is 0.213. The summed E-state index contributed by atoms with van der Waals surface area (Å²) in [5, 5.41) is 6.28. The maximum atomic E-state index is 11.7. The van der Waals surface area contributed by atoms with Crippen molar-refractivity contribution in [1.82, 2.24) is 15.5 Å². The highest BCUT2D eigenvalue weighted by Crippen LogP contribution is 2.09. The van der Waals surface area contributed by atoms with Crippen molar-refractivity contribution in [2.24, 2.45) is 5.92 Å². The third kappa shape index (κ3) is 4.28. The Morgan fingerprint density at radius 3 is 2.82 bits per heavy atom. The van der Waals surface area contributed by atoms with Crippen LogP contribution >= 0.6 is 0 Å². The summed E-state index contributed by atoms with van der Waals surface area (Å²) >= 11 is 0. The summed E-state index contributed by atoms with van der Waals surface area (Å²) in [6, 6.07) is 0. The van der Waals surface area contributed by atoms with Gasteiger partial charge >= 0.3 is 0 Å². The number of piperidine rings is 1. The van der Waals surface area contributed by atoms with Crippen LogP contribution < -0.4 is 10.6 Å². The van der Waals surface area contributed by atoms with E-state index in [2.05, 4.69) is 15.5 Å². The van der Waals surface area contributed by atoms with E-state index in [-0.39, 0.29) is 11.8 Å². The molecule has 1 amide bonds. The maximum absolute atomic E-state index is 11.7. The lowest BCUT2D eigenvalue weighted by atomic mass is 10.1. The number of nitrogens with one attached hydrogen (secondary N) is 2. The third-order valence-electron chi connectivity index (χ3n) is 3.83. The first-order chi connectivity index (χ1) is 8.36. The predicted molar refractivity (Wildman–Crippen MR) is 68.9 cm³/mol. The number of amides is 1. The Bertz CT molecular complexity index is 233. The minimum Gasteiger partial charge on any atom is -0.356 e. The molecule has 0 aliphatic carbocycles. The highest BCUT2D eigenvalue weighted by Gasteiger charge is 2.21. The first-order valence-corrected chi connectivity index (χ1v) is 7.07. The summed E-state index contributed by atoms with van der Waals surface area (Å²) in [4.78, 5) is 14.3. The van der Waals surface area contributed by atoms with Gasteiger partial charge < -0.3 is 15.5 Å². The highest BCUT2D eigenvalue weighted by atomic mass is 16.1. The number of carbonyl (C=O) groups excluding carboxylic acids is 1. The van der Waals surface area contributed by atoms with Crippen molar-refractivity contribution in [3.63, 3.8) is 0 Å². The first kappa shape index (κ1) is 12.8. The lowest BCUT2D eigenvalue weighted by Gasteiger charge is -2.26. The molecule has 2 aliphatic rings. The normalized spacial score (nSPS) is 26.0. The lowest BCUT2D eigenvalue weighted by molar-refractivity contribution is -0.124. The van der Waals surface area contributed by atoms with Crippen molar-refractivity contribution < 1.29 is 4.79 Å². The fraction of sp³-hybridized carbons (Fsp3) is 0.923. The van der Waals surface area contributed by atoms with Crippen LogP contribution in [-0.2, 0) is 4.79 Å². The van der Waals surface area contributed by atoms with Crippen LogP contribution in [0.4, 0.5) is 0 Å². The molecule has 2 fully saturated rings. The average molecular weight is 239 g/mol. The topological polar surface area (TPSA) is 44.4 Å². The van der Waals surface area contributed by atoms with Crippen LogP contribution in [0.25, 0.3) is 0 Å². The van der Waals surface area contributed by atoms with Gasteiger partial charge in [-0.25, -0.2) is 0 Å². The van der Waals surface area contributed by atoms with E-state index in [0.717, 1.165) is 39.0 Å². The summed E-state index contributed by atoms with van der Waals surface area (Å²) < 4.78 is 0. The lowest BCUT2D eigenvalue weighted by Crippen LogP contribution is -2.35. The Hall–Kier alpha value is -0.610. The van der Waals surface area contributed by atoms with Crippen LogP contribution in [0.1, 0.15) is 32.1 Å². The van der Waals surface area contributed by atoms with Gasteiger partial charge in [-0.2, -0.15) is 0 Å². The van der Waals surface area contributed by atoms with Gasteiger partial charge in [0, 0.05) is 13.1 Å². The van der Waals surface area contributed by atoms with Crippen LogP contribution in [-0.4, -0.2) is 50.1 Å². The molecule has 0 saturated carbocycles. The zero-order valence-electron chi connectivity index (χ0n) is 10.7. The van der Waals surface area contributed by atoms with E-state index in [9.17, 15) is 4.79 Å². The van der Waals surface area contributed by atoms with E-state index in [4.69, 9.17) is 0 Å². The standard InChI is InChI=1S/C13H25N3O/c17-13(12-5-7-14-11-12)15-6-4-10-16-8-2-1-3-9-16/h12,14H,1-11H2,(H,15,17)/t12-/m1/s1. The van der Waals surface area contributed by atoms with Gasteiger partial charge in [0.15, 0.2) is 0 Å². The highest BCUT2D eigenvalue weighted by molar-refractivity contribution is 5.79. The smallest absolute Gasteiger partial charge is 0.224 e. The van der Waals surface area contributed by atoms with E-state index in [1.54, 1.807) is 0 Å². The third-order valence-corrected chi connectivity index (χ3v) is 3.83. The molecule has 4 heteroatoms. The number of hydrogen-bond donors (Lipinski definition) is 2. The fourth-order valence-corrected chi connectivity index (χ4v) is 2.72. The summed E-state index contributed by atoms with van der Waals surface area (Å²) in [7, 11) is 0. The maximum Gasteiger partial charge on any atom is 0.224 e. The molecule has 2 N–H and O–H groups in total. The van der Waals surface area contributed by atoms with Crippen molar-refractivity contribution in [3.05, 3.63) is 0 Å². The second-order valence-electron chi connectivity index (χ2n) is 5.24. The molecule has 17 heavy (non-hydrogen) atoms. The van der Waals surface area contributed by atoms with Gasteiger partial charge in [0.25, 0.3) is 0 Å². The molecule has 0 bridgehead atoms. The molecule has 98 valence electrons. The van der Waals surface area contributed by atoms with Crippen LogP contribution in [0.3, 0.4) is 0 Å². The number of likely N-dealkylation sites (tertiary alicyclic amines) is 1. The molecule has 2 heterocycles. The van der Waals surface area contributed by atoms with Gasteiger partial charge in [0.1, 0.15) is 0 Å². The van der Waals surface area contributed by atoms with E-state index >= 15 is 0 Å². The molecular formula is C13H25N3O. The van der Waals surface area contributed by atoms with Gasteiger partial charge in [-0.15, -0.1) is 0 Å². The summed E-state index contributed by atoms with van der Waals surface area (Å²) in [6.45, 7) is 6.33. The molecule has 0 radical (unpaired) electrons. The number of nitrogens with zero attached hydrogens (tertiary/aromatic N) is 1. The van der Waals surface area contributed by atoms with Crippen LogP contribution in [0.5, 0.6) is 0 Å². The van der Waals surface area contributed by atoms with E-state index in [0.29, 0.717) is 0 Å². The molecule has 1 atom stereocenters. The van der Waals surface area contributed by atoms with E-state index < -0.39 is 0 Å². The van der Waals surface area contributed by atoms with Gasteiger partial charge in [-0.1, -0.05) is 6.42 Å². The summed E-state index contributed by atoms with van der Waals surface area (Å²) in [6.07, 6.45) is 6.17. The fourth-order valence-electron chi connectivity index (χ4n) is 2.72. The number of carbonyl (C=O) groups is 1. The molecular weight excluding hydrogens is 214 g/mol. The monoisotopic (exact) mass is 239 g/mol. The van der Waals surface area contributed by atoms with Crippen LogP contribution in [0.2, 0.25) is 0 Å². The number of rotatable bonds is 5. The summed E-state index contributed by atoms with van der Waals surface area (Å²) in [5.74, 6) is 0.457. The molecule has 0 aromatic heterocycles. The number of hydrogen-bond acceptors (Lipinski definition) is 3. The molecule has 2 aliphatic heterocycles. The Morgan fingerprint density at radius 2 is 2.12 bits per heavy atom. The SMILES string of the molecule is O=C(NCCCN1CCCCC1)[C@@H]1CCNC1. The Labute approximate surface area is 104 Å². The quantitative estimate of drug-likeness (QED) is 0.690. The molecule has 0 spiro atoms. The van der Waals surface area contributed by atoms with Crippen LogP contribution in [0, 0.1) is 5.92 Å². The first-order valence-electron chi connectivity index (χ1n) is 7.07. The van der Waals surface area contributed by atoms with Gasteiger partial charge in [0.2, 0.25) is 5.91 Å². The average Bonchev–Trinajstić information content (AvgIpc) is 2.89. The Morgan fingerprint density at radius 1 is 1.29 bits per heavy atom. The molecule has 2 saturated heterocycles. The molecule has 4 nitrogen and oxygen atoms in total. The van der Waals surface area contributed by atoms with Gasteiger partial charge in [-0.05, 0) is 51.9 Å². The zero-order valence-corrected chi connectivity index (χ0v) is 10.7. The Balaban J connectivity index is 1.51. The largest absolute Gasteiger partial charge is 0.356 e. The van der Waals surface area contributed by atoms with Crippen molar-refractivity contribution in [2.75, 3.05) is 39.3 Å². The van der Waals surface area contributed by atoms with Crippen molar-refractivity contribution in [2.45, 2.75) is 32.1 Å². The molecule has 2 rings (SSSR count). The summed E-state index contributed by atoms with van der Waals surface area (Å²) in [5.41, 5.74) is 0. The minimum atomic E-state index is 0.213. The molecule has 0 aromatic carbocycles. The predicted octanol–water partition coefficient (Wildman–Crippen LogP) is 0.588. The Kier molecular flexibility index (Phi) is 5.26. The molecule has 0 aromatic rings. The zero-order chi connectivity index (χ0) is 11.9. The van der Waals surface area contributed by atoms with E-state index in [1.165, 1.54) is 32.4 Å². The second-order valence-corrected chi connectivity index (χ2v) is 5.24. The second kappa shape index (κ2) is 6.97. The van der Waals surface area contributed by atoms with Crippen molar-refractivity contribution in [1.29, 1.82) is 0 Å². The van der Waals surface area contributed by atoms with Crippen molar-refractivity contribution >= 4 is 5.91 Å². The molecule has 0 unspecified atom stereocenters.